The molecule has 1 amide bonds. The molecule has 0 aliphatic heterocycles. The molecule has 0 aliphatic carbocycles. The molecule has 0 bridgehead atoms. The molecule has 4 nitrogen and oxygen atoms in total. The molecule has 0 radical (unpaired) electrons. The van der Waals surface area contributed by atoms with Crippen LogP contribution in [0.15, 0.2) is 29.6 Å². The van der Waals surface area contributed by atoms with Crippen LogP contribution in [0.5, 0.6) is 0 Å². The van der Waals surface area contributed by atoms with Crippen LogP contribution in [0.3, 0.4) is 0 Å². The summed E-state index contributed by atoms with van der Waals surface area (Å²) >= 11 is 1.35. The first-order chi connectivity index (χ1) is 8.63. The minimum absolute atomic E-state index is 0.131. The van der Waals surface area contributed by atoms with Gasteiger partial charge in [-0.1, -0.05) is 0 Å². The van der Waals surface area contributed by atoms with Crippen LogP contribution in [0.2, 0.25) is 0 Å². The Labute approximate surface area is 108 Å². The van der Waals surface area contributed by atoms with E-state index in [0.29, 0.717) is 23.7 Å². The van der Waals surface area contributed by atoms with E-state index in [4.69, 9.17) is 5.73 Å². The van der Waals surface area contributed by atoms with E-state index in [2.05, 4.69) is 10.3 Å². The minimum atomic E-state index is -0.328. The van der Waals surface area contributed by atoms with Gasteiger partial charge in [0.05, 0.1) is 5.69 Å². The number of hydrogen-bond donors (Lipinski definition) is 2. The number of aryl methyl sites for hydroxylation is 1. The lowest BCUT2D eigenvalue weighted by Crippen LogP contribution is -2.12. The fourth-order valence-corrected chi connectivity index (χ4v) is 2.03. The van der Waals surface area contributed by atoms with E-state index in [9.17, 15) is 9.18 Å². The number of carbonyl (C=O) groups excluding carboxylic acids is 1. The molecule has 0 saturated carbocycles. The van der Waals surface area contributed by atoms with Gasteiger partial charge in [0, 0.05) is 17.5 Å². The molecule has 94 valence electrons. The maximum absolute atomic E-state index is 12.7. The molecule has 18 heavy (non-hydrogen) atoms. The summed E-state index contributed by atoms with van der Waals surface area (Å²) in [6.45, 7) is 0. The van der Waals surface area contributed by atoms with Gasteiger partial charge < -0.3 is 11.1 Å². The van der Waals surface area contributed by atoms with Crippen molar-refractivity contribution in [1.29, 1.82) is 0 Å². The lowest BCUT2D eigenvalue weighted by Gasteiger charge is -2.03. The molecule has 3 N–H and O–H groups in total. The van der Waals surface area contributed by atoms with Gasteiger partial charge in [0.15, 0.2) is 5.13 Å². The number of carbonyl (C=O) groups is 1. The van der Waals surface area contributed by atoms with Gasteiger partial charge in [-0.15, -0.1) is 11.3 Å². The zero-order chi connectivity index (χ0) is 13.0. The molecule has 0 fully saturated rings. The average Bonchev–Trinajstić information content (AvgIpc) is 2.76. The Morgan fingerprint density at radius 3 is 2.72 bits per heavy atom. The second-order valence-corrected chi connectivity index (χ2v) is 4.62. The Hall–Kier alpha value is -1.95. The number of aromatic nitrogens is 1. The number of anilines is 2. The summed E-state index contributed by atoms with van der Waals surface area (Å²) in [5.41, 5.74) is 6.89. The number of nitrogen functional groups attached to an aromatic ring is 1. The summed E-state index contributed by atoms with van der Waals surface area (Å²) in [5.74, 6) is -0.459. The van der Waals surface area contributed by atoms with E-state index >= 15 is 0 Å². The highest BCUT2D eigenvalue weighted by Gasteiger charge is 2.05. The summed E-state index contributed by atoms with van der Waals surface area (Å²) in [5, 5.41) is 5.02. The SMILES string of the molecule is Nc1nc(CCC(=O)Nc2ccc(F)cc2)cs1. The van der Waals surface area contributed by atoms with Gasteiger partial charge in [-0.2, -0.15) is 0 Å². The van der Waals surface area contributed by atoms with Crippen molar-refractivity contribution in [3.05, 3.63) is 41.2 Å². The number of amides is 1. The third kappa shape index (κ3) is 3.53. The average molecular weight is 265 g/mol. The van der Waals surface area contributed by atoms with Crippen LogP contribution in [0.1, 0.15) is 12.1 Å². The van der Waals surface area contributed by atoms with Gasteiger partial charge in [0.1, 0.15) is 5.82 Å². The first-order valence-electron chi connectivity index (χ1n) is 5.39. The highest BCUT2D eigenvalue weighted by Crippen LogP contribution is 2.13. The van der Waals surface area contributed by atoms with E-state index in [1.165, 1.54) is 35.6 Å². The molecule has 1 aromatic carbocycles. The first kappa shape index (κ1) is 12.5. The number of benzene rings is 1. The molecule has 2 rings (SSSR count). The molecule has 1 aromatic heterocycles. The van der Waals surface area contributed by atoms with Crippen molar-refractivity contribution in [2.75, 3.05) is 11.1 Å². The predicted octanol–water partition coefficient (Wildman–Crippen LogP) is 2.44. The largest absolute Gasteiger partial charge is 0.375 e. The Morgan fingerprint density at radius 1 is 1.39 bits per heavy atom. The summed E-state index contributed by atoms with van der Waals surface area (Å²) in [6, 6.07) is 5.65. The van der Waals surface area contributed by atoms with Gasteiger partial charge in [0.25, 0.3) is 0 Å². The zero-order valence-corrected chi connectivity index (χ0v) is 10.3. The number of thiazole rings is 1. The van der Waals surface area contributed by atoms with E-state index in [0.717, 1.165) is 5.69 Å². The monoisotopic (exact) mass is 265 g/mol. The molecule has 0 spiro atoms. The van der Waals surface area contributed by atoms with Crippen molar-refractivity contribution in [3.63, 3.8) is 0 Å². The summed E-state index contributed by atoms with van der Waals surface area (Å²) in [6.07, 6.45) is 0.862. The maximum Gasteiger partial charge on any atom is 0.224 e. The Morgan fingerprint density at radius 2 is 2.11 bits per heavy atom. The van der Waals surface area contributed by atoms with Gasteiger partial charge in [-0.05, 0) is 30.7 Å². The van der Waals surface area contributed by atoms with Crippen LogP contribution in [0.25, 0.3) is 0 Å². The van der Waals surface area contributed by atoms with Gasteiger partial charge in [-0.25, -0.2) is 9.37 Å². The lowest BCUT2D eigenvalue weighted by atomic mass is 10.2. The quantitative estimate of drug-likeness (QED) is 0.892. The highest BCUT2D eigenvalue weighted by atomic mass is 32.1. The molecule has 2 aromatic rings. The summed E-state index contributed by atoms with van der Waals surface area (Å²) in [4.78, 5) is 15.7. The molecule has 0 aliphatic rings. The minimum Gasteiger partial charge on any atom is -0.375 e. The van der Waals surface area contributed by atoms with Crippen molar-refractivity contribution in [2.45, 2.75) is 12.8 Å². The fourth-order valence-electron chi connectivity index (χ4n) is 1.44. The van der Waals surface area contributed by atoms with Crippen LogP contribution >= 0.6 is 11.3 Å². The van der Waals surface area contributed by atoms with Crippen LogP contribution in [-0.4, -0.2) is 10.9 Å². The number of nitrogens with one attached hydrogen (secondary N) is 1. The lowest BCUT2D eigenvalue weighted by molar-refractivity contribution is -0.116. The van der Waals surface area contributed by atoms with Crippen molar-refractivity contribution < 1.29 is 9.18 Å². The number of nitrogens with zero attached hydrogens (tertiary/aromatic N) is 1. The summed E-state index contributed by atoms with van der Waals surface area (Å²) in [7, 11) is 0. The number of halogens is 1. The smallest absolute Gasteiger partial charge is 0.224 e. The molecule has 1 heterocycles. The van der Waals surface area contributed by atoms with Gasteiger partial charge >= 0.3 is 0 Å². The number of hydrogen-bond acceptors (Lipinski definition) is 4. The second-order valence-electron chi connectivity index (χ2n) is 3.73. The molecule has 0 unspecified atom stereocenters. The van der Waals surface area contributed by atoms with Crippen molar-refractivity contribution in [2.24, 2.45) is 0 Å². The second kappa shape index (κ2) is 5.59. The maximum atomic E-state index is 12.7. The third-order valence-electron chi connectivity index (χ3n) is 2.31. The van der Waals surface area contributed by atoms with Crippen molar-refractivity contribution in [3.8, 4) is 0 Å². The Bertz CT molecular complexity index is 539. The van der Waals surface area contributed by atoms with Crippen LogP contribution in [-0.2, 0) is 11.2 Å². The van der Waals surface area contributed by atoms with Gasteiger partial charge in [0.2, 0.25) is 5.91 Å². The summed E-state index contributed by atoms with van der Waals surface area (Å²) < 4.78 is 12.7. The topological polar surface area (TPSA) is 68.0 Å². The molecular formula is C12H12FN3OS. The Kier molecular flexibility index (Phi) is 3.88. The highest BCUT2D eigenvalue weighted by molar-refractivity contribution is 7.13. The van der Waals surface area contributed by atoms with E-state index in [1.807, 2.05) is 5.38 Å². The number of rotatable bonds is 4. The molecule has 6 heteroatoms. The fraction of sp³-hybridized carbons (Fsp3) is 0.167. The normalized spacial score (nSPS) is 10.3. The van der Waals surface area contributed by atoms with Crippen LogP contribution in [0.4, 0.5) is 15.2 Å². The molecule has 0 atom stereocenters. The van der Waals surface area contributed by atoms with Crippen LogP contribution in [0, 0.1) is 5.82 Å². The predicted molar refractivity (Wildman–Crippen MR) is 69.9 cm³/mol. The van der Waals surface area contributed by atoms with Crippen molar-refractivity contribution >= 4 is 28.1 Å². The third-order valence-corrected chi connectivity index (χ3v) is 3.03. The first-order valence-corrected chi connectivity index (χ1v) is 6.27. The molecule has 0 saturated heterocycles. The van der Waals surface area contributed by atoms with E-state index < -0.39 is 0 Å². The molecular weight excluding hydrogens is 253 g/mol. The van der Waals surface area contributed by atoms with Crippen molar-refractivity contribution in [1.82, 2.24) is 4.98 Å². The van der Waals surface area contributed by atoms with E-state index in [1.54, 1.807) is 0 Å². The van der Waals surface area contributed by atoms with Crippen LogP contribution < -0.4 is 11.1 Å². The zero-order valence-electron chi connectivity index (χ0n) is 9.52. The number of nitrogens with two attached hydrogens (primary N) is 1. The van der Waals surface area contributed by atoms with E-state index in [-0.39, 0.29) is 11.7 Å². The van der Waals surface area contributed by atoms with Gasteiger partial charge in [-0.3, -0.25) is 4.79 Å². The Balaban J connectivity index is 1.83. The standard InChI is InChI=1S/C12H12FN3OS/c13-8-1-3-9(4-2-8)15-11(17)6-5-10-7-18-12(14)16-10/h1-4,7H,5-6H2,(H2,14,16)(H,15,17).